The van der Waals surface area contributed by atoms with E-state index in [1.807, 2.05) is 30.3 Å². The Hall–Kier alpha value is -2.10. The average Bonchev–Trinajstić information content (AvgIpc) is 2.69. The Morgan fingerprint density at radius 2 is 2.11 bits per heavy atom. The van der Waals surface area contributed by atoms with Gasteiger partial charge in [-0.3, -0.25) is 9.59 Å². The van der Waals surface area contributed by atoms with Gasteiger partial charge in [0.1, 0.15) is 0 Å². The maximum absolute atomic E-state index is 11.9. The molecule has 1 fully saturated rings. The summed E-state index contributed by atoms with van der Waals surface area (Å²) in [4.78, 5) is 24.7. The van der Waals surface area contributed by atoms with Crippen LogP contribution in [-0.2, 0) is 9.59 Å². The van der Waals surface area contributed by atoms with Crippen LogP contribution in [0.4, 0.5) is 0 Å². The Bertz CT molecular complexity index is 469. The summed E-state index contributed by atoms with van der Waals surface area (Å²) in [6, 6.07) is 8.89. The fourth-order valence-electron chi connectivity index (χ4n) is 2.43. The van der Waals surface area contributed by atoms with Gasteiger partial charge in [-0.15, -0.1) is 6.58 Å². The minimum absolute atomic E-state index is 0.0583. The minimum atomic E-state index is -0.927. The van der Waals surface area contributed by atoms with Crippen LogP contribution in [0.1, 0.15) is 18.0 Å². The van der Waals surface area contributed by atoms with Gasteiger partial charge in [0, 0.05) is 13.0 Å². The van der Waals surface area contributed by atoms with Gasteiger partial charge in [-0.1, -0.05) is 36.4 Å². The Labute approximate surface area is 106 Å². The lowest BCUT2D eigenvalue weighted by Gasteiger charge is -2.26. The summed E-state index contributed by atoms with van der Waals surface area (Å²) in [5.74, 6) is -1.74. The molecule has 0 saturated carbocycles. The molecule has 1 saturated heterocycles. The predicted molar refractivity (Wildman–Crippen MR) is 66.8 cm³/mol. The summed E-state index contributed by atoms with van der Waals surface area (Å²) in [7, 11) is 0. The molecule has 2 atom stereocenters. The molecule has 1 N–H and O–H groups in total. The lowest BCUT2D eigenvalue weighted by atomic mass is 9.94. The molecule has 2 rings (SSSR count). The maximum Gasteiger partial charge on any atom is 0.309 e. The number of rotatable bonds is 4. The van der Waals surface area contributed by atoms with E-state index < -0.39 is 17.9 Å². The first-order valence-corrected chi connectivity index (χ1v) is 5.83. The number of amides is 1. The van der Waals surface area contributed by atoms with Gasteiger partial charge in [-0.05, 0) is 5.56 Å². The molecule has 1 heterocycles. The number of benzene rings is 1. The summed E-state index contributed by atoms with van der Waals surface area (Å²) in [6.07, 6.45) is 1.68. The number of carbonyl (C=O) groups is 2. The molecule has 2 unspecified atom stereocenters. The Balaban J connectivity index is 2.39. The number of likely N-dealkylation sites (tertiary alicyclic amines) is 1. The maximum atomic E-state index is 11.9. The lowest BCUT2D eigenvalue weighted by Crippen LogP contribution is -2.30. The highest BCUT2D eigenvalue weighted by atomic mass is 16.4. The molecule has 4 heteroatoms. The highest BCUT2D eigenvalue weighted by Gasteiger charge is 2.43. The zero-order chi connectivity index (χ0) is 13.1. The van der Waals surface area contributed by atoms with E-state index in [9.17, 15) is 14.7 Å². The van der Waals surface area contributed by atoms with Crippen LogP contribution < -0.4 is 0 Å². The normalized spacial score (nSPS) is 23.1. The minimum Gasteiger partial charge on any atom is -0.481 e. The highest BCUT2D eigenvalue weighted by Crippen LogP contribution is 2.37. The number of hydrogen-bond donors (Lipinski definition) is 1. The average molecular weight is 245 g/mol. The lowest BCUT2D eigenvalue weighted by molar-refractivity contribution is -0.142. The van der Waals surface area contributed by atoms with Crippen molar-refractivity contribution in [3.63, 3.8) is 0 Å². The summed E-state index contributed by atoms with van der Waals surface area (Å²) in [5, 5.41) is 9.24. The molecule has 0 aromatic heterocycles. The molecular formula is C14H15NO3. The van der Waals surface area contributed by atoms with Gasteiger partial charge in [0.15, 0.2) is 0 Å². The third kappa shape index (κ3) is 2.14. The first-order chi connectivity index (χ1) is 8.65. The van der Waals surface area contributed by atoms with Gasteiger partial charge in [-0.25, -0.2) is 0 Å². The van der Waals surface area contributed by atoms with Crippen LogP contribution in [0.3, 0.4) is 0 Å². The Kier molecular flexibility index (Phi) is 3.46. The second-order valence-corrected chi connectivity index (χ2v) is 4.34. The van der Waals surface area contributed by atoms with Crippen LogP contribution >= 0.6 is 0 Å². The standard InChI is InChI=1S/C14H15NO3/c1-2-8-15-12(16)9-11(14(17)18)13(15)10-6-4-3-5-7-10/h2-7,11,13H,1,8-9H2,(H,17,18). The molecule has 1 aliphatic rings. The largest absolute Gasteiger partial charge is 0.481 e. The van der Waals surface area contributed by atoms with Crippen LogP contribution in [0.2, 0.25) is 0 Å². The molecule has 18 heavy (non-hydrogen) atoms. The van der Waals surface area contributed by atoms with E-state index in [1.54, 1.807) is 11.0 Å². The second kappa shape index (κ2) is 5.04. The van der Waals surface area contributed by atoms with Crippen LogP contribution in [-0.4, -0.2) is 28.4 Å². The van der Waals surface area contributed by atoms with Crippen molar-refractivity contribution in [2.24, 2.45) is 5.92 Å². The smallest absolute Gasteiger partial charge is 0.309 e. The summed E-state index contributed by atoms with van der Waals surface area (Å²) in [6.45, 7) is 3.99. The van der Waals surface area contributed by atoms with Gasteiger partial charge in [-0.2, -0.15) is 0 Å². The van der Waals surface area contributed by atoms with Crippen LogP contribution in [0.25, 0.3) is 0 Å². The Morgan fingerprint density at radius 1 is 1.44 bits per heavy atom. The van der Waals surface area contributed by atoms with Crippen LogP contribution in [0.15, 0.2) is 43.0 Å². The zero-order valence-electron chi connectivity index (χ0n) is 9.95. The Morgan fingerprint density at radius 3 is 2.67 bits per heavy atom. The first-order valence-electron chi connectivity index (χ1n) is 5.83. The van der Waals surface area contributed by atoms with Gasteiger partial charge < -0.3 is 10.0 Å². The fraction of sp³-hybridized carbons (Fsp3) is 0.286. The van der Waals surface area contributed by atoms with Gasteiger partial charge >= 0.3 is 5.97 Å². The van der Waals surface area contributed by atoms with Crippen molar-refractivity contribution in [2.45, 2.75) is 12.5 Å². The molecule has 0 radical (unpaired) electrons. The molecule has 1 aromatic rings. The molecule has 0 spiro atoms. The molecule has 0 aliphatic carbocycles. The molecule has 1 aliphatic heterocycles. The second-order valence-electron chi connectivity index (χ2n) is 4.34. The molecular weight excluding hydrogens is 230 g/mol. The summed E-state index contributed by atoms with van der Waals surface area (Å²) in [5.41, 5.74) is 0.859. The van der Waals surface area contributed by atoms with Crippen molar-refractivity contribution < 1.29 is 14.7 Å². The number of hydrogen-bond acceptors (Lipinski definition) is 2. The SMILES string of the molecule is C=CCN1C(=O)CC(C(=O)O)C1c1ccccc1. The van der Waals surface area contributed by atoms with Crippen molar-refractivity contribution in [1.29, 1.82) is 0 Å². The van der Waals surface area contributed by atoms with E-state index in [0.29, 0.717) is 6.54 Å². The number of aliphatic carboxylic acids is 1. The first kappa shape index (κ1) is 12.4. The molecule has 94 valence electrons. The summed E-state index contributed by atoms with van der Waals surface area (Å²) < 4.78 is 0. The van der Waals surface area contributed by atoms with Crippen LogP contribution in [0.5, 0.6) is 0 Å². The number of carbonyl (C=O) groups excluding carboxylic acids is 1. The topological polar surface area (TPSA) is 57.6 Å². The number of carboxylic acids is 1. The zero-order valence-corrected chi connectivity index (χ0v) is 9.95. The van der Waals surface area contributed by atoms with Gasteiger partial charge in [0.25, 0.3) is 0 Å². The third-order valence-electron chi connectivity index (χ3n) is 3.22. The highest BCUT2D eigenvalue weighted by molar-refractivity contribution is 5.87. The van der Waals surface area contributed by atoms with Crippen molar-refractivity contribution in [1.82, 2.24) is 4.90 Å². The van der Waals surface area contributed by atoms with E-state index in [2.05, 4.69) is 6.58 Å². The van der Waals surface area contributed by atoms with Gasteiger partial charge in [0.05, 0.1) is 12.0 Å². The summed E-state index contributed by atoms with van der Waals surface area (Å²) >= 11 is 0. The predicted octanol–water partition coefficient (Wildman–Crippen LogP) is 1.85. The number of carboxylic acid groups (broad SMARTS) is 1. The van der Waals surface area contributed by atoms with Gasteiger partial charge in [0.2, 0.25) is 5.91 Å². The third-order valence-corrected chi connectivity index (χ3v) is 3.22. The van der Waals surface area contributed by atoms with E-state index in [4.69, 9.17) is 0 Å². The van der Waals surface area contributed by atoms with E-state index in [1.165, 1.54) is 0 Å². The van der Waals surface area contributed by atoms with Crippen LogP contribution in [0, 0.1) is 5.92 Å². The monoisotopic (exact) mass is 245 g/mol. The molecule has 1 amide bonds. The van der Waals surface area contributed by atoms with Crippen molar-refractivity contribution in [3.8, 4) is 0 Å². The van der Waals surface area contributed by atoms with E-state index >= 15 is 0 Å². The quantitative estimate of drug-likeness (QED) is 0.823. The van der Waals surface area contributed by atoms with E-state index in [0.717, 1.165) is 5.56 Å². The molecule has 4 nitrogen and oxygen atoms in total. The molecule has 1 aromatic carbocycles. The van der Waals surface area contributed by atoms with Crippen molar-refractivity contribution in [2.75, 3.05) is 6.54 Å². The number of nitrogens with zero attached hydrogens (tertiary/aromatic N) is 1. The molecule has 0 bridgehead atoms. The van der Waals surface area contributed by atoms with Crippen molar-refractivity contribution in [3.05, 3.63) is 48.6 Å². The van der Waals surface area contributed by atoms with E-state index in [-0.39, 0.29) is 12.3 Å². The van der Waals surface area contributed by atoms with Crippen molar-refractivity contribution >= 4 is 11.9 Å². The fourth-order valence-corrected chi connectivity index (χ4v) is 2.43.